The minimum atomic E-state index is -0.547. The lowest BCUT2D eigenvalue weighted by Gasteiger charge is -2.36. The minimum Gasteiger partial charge on any atom is -0.496 e. The molecular weight excluding hydrogens is 594 g/mol. The van der Waals surface area contributed by atoms with Gasteiger partial charge in [-0.1, -0.05) is 103 Å². The van der Waals surface area contributed by atoms with Gasteiger partial charge in [-0.05, 0) is 52.1 Å². The predicted octanol–water partition coefficient (Wildman–Crippen LogP) is 8.12. The summed E-state index contributed by atoms with van der Waals surface area (Å²) in [6, 6.07) is 41.6. The lowest BCUT2D eigenvalue weighted by atomic mass is 9.97. The normalized spacial score (nSPS) is 17.7. The highest BCUT2D eigenvalue weighted by Gasteiger charge is 2.32. The van der Waals surface area contributed by atoms with Gasteiger partial charge in [0.15, 0.2) is 6.29 Å². The standard InChI is InChI=1S/C39H37NO5S/c1-43-35-13-7-8-14-37(35)46-26-33-23-36(29-17-15-27(25-41)16-18-29)45-39(44-33)31-21-19-28(20-22-31)34-12-6-5-11-32(34)24-40-38(42)30-9-3-2-4-10-30/h2-22,33,36,39,41H,23-26H2,1H3,(H,40,42)/t33-,36+,39+/m0/s1. The maximum absolute atomic E-state index is 12.7. The zero-order chi connectivity index (χ0) is 31.7. The van der Waals surface area contributed by atoms with Gasteiger partial charge in [-0.15, -0.1) is 11.8 Å². The Bertz CT molecular complexity index is 1730. The molecule has 0 aromatic heterocycles. The molecule has 0 saturated carbocycles. The van der Waals surface area contributed by atoms with E-state index in [1.54, 1.807) is 18.9 Å². The van der Waals surface area contributed by atoms with Gasteiger partial charge in [0.1, 0.15) is 5.75 Å². The predicted molar refractivity (Wildman–Crippen MR) is 182 cm³/mol. The van der Waals surface area contributed by atoms with E-state index in [1.807, 2.05) is 91.0 Å². The summed E-state index contributed by atoms with van der Waals surface area (Å²) in [4.78, 5) is 13.7. The summed E-state index contributed by atoms with van der Waals surface area (Å²) >= 11 is 1.72. The number of para-hydroxylation sites is 1. The van der Waals surface area contributed by atoms with Crippen LogP contribution in [0.2, 0.25) is 0 Å². The number of ether oxygens (including phenoxy) is 3. The van der Waals surface area contributed by atoms with E-state index < -0.39 is 6.29 Å². The second-order valence-corrected chi connectivity index (χ2v) is 12.2. The van der Waals surface area contributed by atoms with Crippen LogP contribution in [0.1, 0.15) is 51.4 Å². The number of carbonyl (C=O) groups is 1. The molecule has 2 N–H and O–H groups in total. The number of aliphatic hydroxyl groups excluding tert-OH is 1. The molecule has 0 bridgehead atoms. The average Bonchev–Trinajstić information content (AvgIpc) is 3.13. The molecule has 1 heterocycles. The summed E-state index contributed by atoms with van der Waals surface area (Å²) in [5, 5.41) is 12.6. The lowest BCUT2D eigenvalue weighted by molar-refractivity contribution is -0.245. The van der Waals surface area contributed by atoms with Gasteiger partial charge in [0.25, 0.3) is 5.91 Å². The van der Waals surface area contributed by atoms with Crippen molar-refractivity contribution in [2.24, 2.45) is 0 Å². The molecule has 1 fully saturated rings. The maximum atomic E-state index is 12.7. The number of carbonyl (C=O) groups excluding carboxylic acids is 1. The molecule has 1 aliphatic rings. The van der Waals surface area contributed by atoms with Crippen molar-refractivity contribution in [2.75, 3.05) is 12.9 Å². The fourth-order valence-corrected chi connectivity index (χ4v) is 6.64. The van der Waals surface area contributed by atoms with Crippen LogP contribution in [0, 0.1) is 0 Å². The second kappa shape index (κ2) is 15.3. The molecule has 1 saturated heterocycles. The van der Waals surface area contributed by atoms with Gasteiger partial charge in [-0.25, -0.2) is 0 Å². The zero-order valence-electron chi connectivity index (χ0n) is 25.7. The Balaban J connectivity index is 1.19. The van der Waals surface area contributed by atoms with Crippen LogP contribution in [0.4, 0.5) is 0 Å². The first-order valence-corrected chi connectivity index (χ1v) is 16.4. The molecule has 1 amide bonds. The van der Waals surface area contributed by atoms with Crippen molar-refractivity contribution in [3.63, 3.8) is 0 Å². The van der Waals surface area contributed by atoms with Crippen LogP contribution < -0.4 is 10.1 Å². The number of hydrogen-bond acceptors (Lipinski definition) is 6. The van der Waals surface area contributed by atoms with Gasteiger partial charge >= 0.3 is 0 Å². The minimum absolute atomic E-state index is 0.00455. The molecule has 5 aromatic carbocycles. The van der Waals surface area contributed by atoms with E-state index in [0.717, 1.165) is 49.8 Å². The first-order valence-electron chi connectivity index (χ1n) is 15.4. The second-order valence-electron chi connectivity index (χ2n) is 11.1. The highest BCUT2D eigenvalue weighted by molar-refractivity contribution is 7.99. The van der Waals surface area contributed by atoms with E-state index in [-0.39, 0.29) is 24.7 Å². The Morgan fingerprint density at radius 2 is 1.52 bits per heavy atom. The zero-order valence-corrected chi connectivity index (χ0v) is 26.5. The number of aliphatic hydroxyl groups is 1. The Morgan fingerprint density at radius 3 is 2.28 bits per heavy atom. The molecule has 46 heavy (non-hydrogen) atoms. The molecule has 0 radical (unpaired) electrons. The van der Waals surface area contributed by atoms with Crippen LogP contribution in [0.5, 0.6) is 5.75 Å². The van der Waals surface area contributed by atoms with Crippen molar-refractivity contribution >= 4 is 17.7 Å². The molecule has 6 nitrogen and oxygen atoms in total. The molecule has 0 unspecified atom stereocenters. The molecule has 5 aromatic rings. The van der Waals surface area contributed by atoms with Crippen LogP contribution in [-0.4, -0.2) is 30.0 Å². The average molecular weight is 632 g/mol. The number of methoxy groups -OCH3 is 1. The fourth-order valence-electron chi connectivity index (χ4n) is 5.59. The van der Waals surface area contributed by atoms with E-state index in [2.05, 4.69) is 41.7 Å². The summed E-state index contributed by atoms with van der Waals surface area (Å²) in [6.45, 7) is 0.424. The van der Waals surface area contributed by atoms with Crippen molar-refractivity contribution in [1.29, 1.82) is 0 Å². The van der Waals surface area contributed by atoms with E-state index in [9.17, 15) is 9.90 Å². The topological polar surface area (TPSA) is 77.0 Å². The first-order chi connectivity index (χ1) is 22.6. The van der Waals surface area contributed by atoms with Gasteiger partial charge in [-0.2, -0.15) is 0 Å². The van der Waals surface area contributed by atoms with Gasteiger partial charge in [0.2, 0.25) is 0 Å². The number of thioether (sulfide) groups is 1. The molecule has 234 valence electrons. The Labute approximate surface area is 274 Å². The van der Waals surface area contributed by atoms with Crippen LogP contribution >= 0.6 is 11.8 Å². The monoisotopic (exact) mass is 631 g/mol. The largest absolute Gasteiger partial charge is 0.496 e. The highest BCUT2D eigenvalue weighted by Crippen LogP contribution is 2.41. The van der Waals surface area contributed by atoms with E-state index in [0.29, 0.717) is 18.5 Å². The molecule has 0 aliphatic carbocycles. The van der Waals surface area contributed by atoms with Gasteiger partial charge in [-0.3, -0.25) is 4.79 Å². The van der Waals surface area contributed by atoms with Crippen LogP contribution in [0.15, 0.2) is 132 Å². The third-order valence-corrected chi connectivity index (χ3v) is 9.28. The number of nitrogens with one attached hydrogen (secondary N) is 1. The quantitative estimate of drug-likeness (QED) is 0.143. The van der Waals surface area contributed by atoms with Gasteiger partial charge < -0.3 is 24.6 Å². The number of rotatable bonds is 11. The van der Waals surface area contributed by atoms with E-state index in [1.165, 1.54) is 0 Å². The lowest BCUT2D eigenvalue weighted by Crippen LogP contribution is -2.31. The molecule has 0 spiro atoms. The molecule has 1 aliphatic heterocycles. The van der Waals surface area contributed by atoms with Crippen molar-refractivity contribution in [2.45, 2.75) is 43.0 Å². The number of hydrogen-bond donors (Lipinski definition) is 2. The van der Waals surface area contributed by atoms with Gasteiger partial charge in [0, 0.05) is 34.7 Å². The Kier molecular flexibility index (Phi) is 10.5. The molecule has 7 heteroatoms. The molecule has 3 atom stereocenters. The third-order valence-electron chi connectivity index (χ3n) is 8.10. The van der Waals surface area contributed by atoms with E-state index >= 15 is 0 Å². The Morgan fingerprint density at radius 1 is 0.826 bits per heavy atom. The van der Waals surface area contributed by atoms with Crippen molar-refractivity contribution in [3.05, 3.63) is 155 Å². The highest BCUT2D eigenvalue weighted by atomic mass is 32.2. The third kappa shape index (κ3) is 7.69. The molecule has 6 rings (SSSR count). The fraction of sp³-hybridized carbons (Fsp3) is 0.205. The first kappa shape index (κ1) is 31.6. The van der Waals surface area contributed by atoms with Crippen LogP contribution in [-0.2, 0) is 22.6 Å². The van der Waals surface area contributed by atoms with Crippen LogP contribution in [0.25, 0.3) is 11.1 Å². The summed E-state index contributed by atoms with van der Waals surface area (Å²) in [6.07, 6.45) is -0.0701. The van der Waals surface area contributed by atoms with E-state index in [4.69, 9.17) is 14.2 Å². The SMILES string of the molecule is COc1ccccc1SC[C@@H]1C[C@H](c2ccc(CO)cc2)O[C@H](c2ccc(-c3ccccc3CNC(=O)c3ccccc3)cc2)O1. The number of benzene rings is 5. The summed E-state index contributed by atoms with van der Waals surface area (Å²) in [5.74, 6) is 1.49. The number of amides is 1. The molecular formula is C39H37NO5S. The summed E-state index contributed by atoms with van der Waals surface area (Å²) < 4.78 is 18.7. The van der Waals surface area contributed by atoms with Crippen molar-refractivity contribution in [1.82, 2.24) is 5.32 Å². The van der Waals surface area contributed by atoms with Crippen molar-refractivity contribution in [3.8, 4) is 16.9 Å². The Hall–Kier alpha value is -4.40. The summed E-state index contributed by atoms with van der Waals surface area (Å²) in [5.41, 5.74) is 6.63. The smallest absolute Gasteiger partial charge is 0.251 e. The van der Waals surface area contributed by atoms with Crippen molar-refractivity contribution < 1.29 is 24.1 Å². The van der Waals surface area contributed by atoms with Crippen LogP contribution in [0.3, 0.4) is 0 Å². The van der Waals surface area contributed by atoms with Gasteiger partial charge in [0.05, 0.1) is 25.9 Å². The summed E-state index contributed by atoms with van der Waals surface area (Å²) in [7, 11) is 1.69. The maximum Gasteiger partial charge on any atom is 0.251 e.